The van der Waals surface area contributed by atoms with Gasteiger partial charge >= 0.3 is 0 Å². The van der Waals surface area contributed by atoms with Crippen molar-refractivity contribution in [3.8, 4) is 0 Å². The average molecular weight is 463 g/mol. The summed E-state index contributed by atoms with van der Waals surface area (Å²) in [5, 5.41) is 3.22. The zero-order valence-corrected chi connectivity index (χ0v) is 21.1. The zero-order valence-electron chi connectivity index (χ0n) is 19.5. The molecule has 0 amide bonds. The molecule has 0 saturated carbocycles. The summed E-state index contributed by atoms with van der Waals surface area (Å²) in [5.74, 6) is 0.577. The van der Waals surface area contributed by atoms with Crippen LogP contribution in [0.25, 0.3) is 10.1 Å². The van der Waals surface area contributed by atoms with Crippen molar-refractivity contribution >= 4 is 37.1 Å². The second kappa shape index (κ2) is 9.40. The fourth-order valence-electron chi connectivity index (χ4n) is 5.49. The van der Waals surface area contributed by atoms with E-state index in [2.05, 4.69) is 22.4 Å². The van der Waals surface area contributed by atoms with Gasteiger partial charge in [-0.15, -0.1) is 11.3 Å². The van der Waals surface area contributed by atoms with Gasteiger partial charge in [-0.25, -0.2) is 8.42 Å². The van der Waals surface area contributed by atoms with Crippen LogP contribution in [0.1, 0.15) is 84.1 Å². The highest BCUT2D eigenvalue weighted by Gasteiger charge is 2.32. The van der Waals surface area contributed by atoms with Crippen LogP contribution in [0.5, 0.6) is 0 Å². The van der Waals surface area contributed by atoms with Crippen molar-refractivity contribution in [3.05, 3.63) is 29.1 Å². The summed E-state index contributed by atoms with van der Waals surface area (Å²) < 4.78 is 29.5. The van der Waals surface area contributed by atoms with Crippen LogP contribution in [0.4, 0.5) is 5.69 Å². The van der Waals surface area contributed by atoms with E-state index in [1.807, 2.05) is 33.8 Å². The van der Waals surface area contributed by atoms with Crippen molar-refractivity contribution in [2.24, 2.45) is 0 Å². The number of nitrogens with zero attached hydrogens (tertiary/aromatic N) is 2. The molecule has 0 spiro atoms. The third-order valence-corrected chi connectivity index (χ3v) is 11.0. The Morgan fingerprint density at radius 2 is 1.90 bits per heavy atom. The molecule has 4 rings (SSSR count). The van der Waals surface area contributed by atoms with Gasteiger partial charge in [0.05, 0.1) is 10.9 Å². The molecule has 1 aromatic heterocycles. The minimum atomic E-state index is -3.38. The second-order valence-corrected chi connectivity index (χ2v) is 12.9. The molecule has 2 fully saturated rings. The van der Waals surface area contributed by atoms with E-state index < -0.39 is 10.0 Å². The average Bonchev–Trinajstić information content (AvgIpc) is 3.04. The first-order valence-electron chi connectivity index (χ1n) is 12.1. The van der Waals surface area contributed by atoms with E-state index in [0.717, 1.165) is 11.7 Å². The van der Waals surface area contributed by atoms with Gasteiger partial charge in [0, 0.05) is 16.8 Å². The molecular weight excluding hydrogens is 424 g/mol. The lowest BCUT2D eigenvalue weighted by atomic mass is 9.90. The van der Waals surface area contributed by atoms with Crippen LogP contribution in [-0.4, -0.2) is 43.7 Å². The summed E-state index contributed by atoms with van der Waals surface area (Å²) in [7, 11) is -3.38. The molecule has 3 atom stereocenters. The second-order valence-electron chi connectivity index (χ2n) is 9.77. The molecule has 2 aromatic rings. The van der Waals surface area contributed by atoms with E-state index in [1.54, 1.807) is 15.6 Å². The lowest BCUT2D eigenvalue weighted by molar-refractivity contribution is 0.151. The highest BCUT2D eigenvalue weighted by molar-refractivity contribution is 7.93. The van der Waals surface area contributed by atoms with Crippen LogP contribution < -0.4 is 4.31 Å². The van der Waals surface area contributed by atoms with Crippen molar-refractivity contribution < 1.29 is 8.42 Å². The first-order valence-corrected chi connectivity index (χ1v) is 14.5. The standard InChI is InChI=1S/C25H38N2O2S2/c1-5-19(4)31(28,29)27(18(2)3)22-11-12-25-23(16-22)24(17-30-25)20-9-10-21-8-6-7-14-26(21)15-13-20/h11-12,16-21H,5-10,13-15H2,1-4H3. The summed E-state index contributed by atoms with van der Waals surface area (Å²) >= 11 is 1.81. The topological polar surface area (TPSA) is 40.6 Å². The van der Waals surface area contributed by atoms with E-state index in [0.29, 0.717) is 12.3 Å². The highest BCUT2D eigenvalue weighted by Crippen LogP contribution is 2.41. The Labute approximate surface area is 192 Å². The van der Waals surface area contributed by atoms with Crippen LogP contribution in [0.2, 0.25) is 0 Å². The molecule has 2 aliphatic rings. The maximum Gasteiger partial charge on any atom is 0.237 e. The van der Waals surface area contributed by atoms with Crippen molar-refractivity contribution in [1.82, 2.24) is 4.90 Å². The van der Waals surface area contributed by atoms with E-state index in [9.17, 15) is 8.42 Å². The first kappa shape index (κ1) is 23.1. The smallest absolute Gasteiger partial charge is 0.237 e. The molecule has 4 nitrogen and oxygen atoms in total. The highest BCUT2D eigenvalue weighted by atomic mass is 32.2. The minimum Gasteiger partial charge on any atom is -0.300 e. The SMILES string of the molecule is CCC(C)S(=O)(=O)N(c1ccc2scc(C3CCC4CCCCN4CC3)c2c1)C(C)C. The predicted molar refractivity (Wildman–Crippen MR) is 134 cm³/mol. The van der Waals surface area contributed by atoms with Crippen LogP contribution in [-0.2, 0) is 10.0 Å². The molecule has 0 N–H and O–H groups in total. The van der Waals surface area contributed by atoms with Crippen molar-refractivity contribution in [1.29, 1.82) is 0 Å². The van der Waals surface area contributed by atoms with Crippen molar-refractivity contribution in [2.75, 3.05) is 17.4 Å². The lowest BCUT2D eigenvalue weighted by Gasteiger charge is -2.33. The molecule has 0 radical (unpaired) electrons. The van der Waals surface area contributed by atoms with Gasteiger partial charge in [-0.1, -0.05) is 13.3 Å². The number of benzene rings is 1. The van der Waals surface area contributed by atoms with Gasteiger partial charge in [0.15, 0.2) is 0 Å². The summed E-state index contributed by atoms with van der Waals surface area (Å²) in [4.78, 5) is 2.72. The first-order chi connectivity index (χ1) is 14.8. The Balaban J connectivity index is 1.67. The molecule has 0 bridgehead atoms. The molecule has 31 heavy (non-hydrogen) atoms. The summed E-state index contributed by atoms with van der Waals surface area (Å²) in [6, 6.07) is 6.94. The molecule has 3 heterocycles. The number of anilines is 1. The van der Waals surface area contributed by atoms with E-state index in [-0.39, 0.29) is 11.3 Å². The molecule has 0 aliphatic carbocycles. The molecule has 6 heteroatoms. The molecular formula is C25H38N2O2S2. The maximum absolute atomic E-state index is 13.3. The number of thiophene rings is 1. The van der Waals surface area contributed by atoms with Gasteiger partial charge < -0.3 is 4.90 Å². The minimum absolute atomic E-state index is 0.104. The summed E-state index contributed by atoms with van der Waals surface area (Å²) in [5.41, 5.74) is 2.25. The number of rotatable bonds is 6. The largest absolute Gasteiger partial charge is 0.300 e. The van der Waals surface area contributed by atoms with Gasteiger partial charge in [0.2, 0.25) is 10.0 Å². The monoisotopic (exact) mass is 462 g/mol. The molecule has 2 aliphatic heterocycles. The number of sulfonamides is 1. The zero-order chi connectivity index (χ0) is 22.2. The maximum atomic E-state index is 13.3. The Morgan fingerprint density at radius 3 is 2.65 bits per heavy atom. The summed E-state index contributed by atoms with van der Waals surface area (Å²) in [6.45, 7) is 10.2. The van der Waals surface area contributed by atoms with E-state index in [1.165, 1.54) is 67.3 Å². The van der Waals surface area contributed by atoms with Gasteiger partial charge in [-0.2, -0.15) is 0 Å². The molecule has 1 aromatic carbocycles. The molecule has 3 unspecified atom stereocenters. The van der Waals surface area contributed by atoms with Gasteiger partial charge in [-0.3, -0.25) is 4.31 Å². The van der Waals surface area contributed by atoms with Gasteiger partial charge in [0.25, 0.3) is 0 Å². The number of fused-ring (bicyclic) bond motifs is 2. The lowest BCUT2D eigenvalue weighted by Crippen LogP contribution is -2.42. The van der Waals surface area contributed by atoms with Crippen LogP contribution >= 0.6 is 11.3 Å². The third kappa shape index (κ3) is 4.53. The van der Waals surface area contributed by atoms with E-state index in [4.69, 9.17) is 0 Å². The number of piperidine rings is 1. The van der Waals surface area contributed by atoms with Crippen LogP contribution in [0.15, 0.2) is 23.6 Å². The van der Waals surface area contributed by atoms with E-state index >= 15 is 0 Å². The van der Waals surface area contributed by atoms with Crippen LogP contribution in [0.3, 0.4) is 0 Å². The van der Waals surface area contributed by atoms with Crippen molar-refractivity contribution in [2.45, 2.75) is 95.9 Å². The normalized spacial score (nSPS) is 24.2. The Hall–Kier alpha value is -1.11. The Morgan fingerprint density at radius 1 is 1.10 bits per heavy atom. The van der Waals surface area contributed by atoms with Gasteiger partial charge in [0.1, 0.15) is 0 Å². The van der Waals surface area contributed by atoms with Crippen LogP contribution in [0, 0.1) is 0 Å². The quantitative estimate of drug-likeness (QED) is 0.501. The van der Waals surface area contributed by atoms with Crippen molar-refractivity contribution in [3.63, 3.8) is 0 Å². The summed E-state index contributed by atoms with van der Waals surface area (Å²) in [6.07, 6.45) is 8.47. The third-order valence-electron chi connectivity index (χ3n) is 7.47. The Kier molecular flexibility index (Phi) is 6.99. The number of hydrogen-bond acceptors (Lipinski definition) is 4. The van der Waals surface area contributed by atoms with Gasteiger partial charge in [-0.05, 0) is 113 Å². The molecule has 172 valence electrons. The fraction of sp³-hybridized carbons (Fsp3) is 0.680. The predicted octanol–water partition coefficient (Wildman–Crippen LogP) is 6.37. The fourth-order valence-corrected chi connectivity index (χ4v) is 8.31. The Bertz CT molecular complexity index is 982. The molecule has 2 saturated heterocycles. The number of hydrogen-bond donors (Lipinski definition) is 0.